The van der Waals surface area contributed by atoms with E-state index in [9.17, 15) is 0 Å². The van der Waals surface area contributed by atoms with Gasteiger partial charge in [-0.1, -0.05) is 13.8 Å². The highest BCUT2D eigenvalue weighted by atomic mass is 32.2. The summed E-state index contributed by atoms with van der Waals surface area (Å²) in [7, 11) is 0. The highest BCUT2D eigenvalue weighted by molar-refractivity contribution is 7.99. The number of rotatable bonds is 4. The van der Waals surface area contributed by atoms with E-state index in [1.807, 2.05) is 0 Å². The first-order chi connectivity index (χ1) is 8.98. The first-order valence-electron chi connectivity index (χ1n) is 8.02. The third kappa shape index (κ3) is 4.64. The maximum absolute atomic E-state index is 3.49. The van der Waals surface area contributed by atoms with Crippen LogP contribution in [0.1, 0.15) is 47.0 Å². The van der Waals surface area contributed by atoms with Crippen LogP contribution in [0, 0.1) is 11.3 Å². The molecule has 112 valence electrons. The molecule has 2 rings (SSSR count). The molecule has 2 nitrogen and oxygen atoms in total. The Bertz CT molecular complexity index is 272. The number of hydrogen-bond donors (Lipinski definition) is 1. The molecule has 3 heteroatoms. The van der Waals surface area contributed by atoms with Crippen molar-refractivity contribution in [1.82, 2.24) is 10.2 Å². The molecule has 1 atom stereocenters. The zero-order chi connectivity index (χ0) is 13.9. The van der Waals surface area contributed by atoms with Crippen molar-refractivity contribution in [2.24, 2.45) is 11.3 Å². The van der Waals surface area contributed by atoms with Crippen LogP contribution < -0.4 is 5.32 Å². The molecule has 1 N–H and O–H groups in total. The van der Waals surface area contributed by atoms with Crippen molar-refractivity contribution in [2.75, 3.05) is 31.1 Å². The van der Waals surface area contributed by atoms with Crippen LogP contribution in [0.2, 0.25) is 0 Å². The minimum Gasteiger partial charge on any atom is -0.317 e. The molecule has 0 bridgehead atoms. The molecule has 0 spiro atoms. The fourth-order valence-electron chi connectivity index (χ4n) is 3.58. The summed E-state index contributed by atoms with van der Waals surface area (Å²) in [6, 6.07) is 1.48. The number of nitrogens with one attached hydrogen (secondary N) is 1. The highest BCUT2D eigenvalue weighted by Crippen LogP contribution is 2.36. The molecule has 0 aromatic carbocycles. The van der Waals surface area contributed by atoms with E-state index in [0.29, 0.717) is 11.5 Å². The van der Waals surface area contributed by atoms with Gasteiger partial charge in [0.05, 0.1) is 0 Å². The van der Waals surface area contributed by atoms with Crippen molar-refractivity contribution in [3.8, 4) is 0 Å². The number of nitrogens with zero attached hydrogens (tertiary/aromatic N) is 1. The SMILES string of the molecule is CC(C)N(CC1CCNCC1)C1CSCC(C)(C)C1. The monoisotopic (exact) mass is 284 g/mol. The first-order valence-corrected chi connectivity index (χ1v) is 9.17. The molecular weight excluding hydrogens is 252 g/mol. The highest BCUT2D eigenvalue weighted by Gasteiger charge is 2.33. The Morgan fingerprint density at radius 1 is 1.26 bits per heavy atom. The van der Waals surface area contributed by atoms with E-state index in [0.717, 1.165) is 12.0 Å². The van der Waals surface area contributed by atoms with Crippen molar-refractivity contribution < 1.29 is 0 Å². The Labute approximate surface area is 124 Å². The topological polar surface area (TPSA) is 15.3 Å². The molecule has 0 amide bonds. The molecule has 0 saturated carbocycles. The fraction of sp³-hybridized carbons (Fsp3) is 1.00. The molecule has 19 heavy (non-hydrogen) atoms. The zero-order valence-corrected chi connectivity index (χ0v) is 14.1. The third-order valence-electron chi connectivity index (χ3n) is 4.65. The molecule has 2 saturated heterocycles. The molecule has 0 aromatic heterocycles. The van der Waals surface area contributed by atoms with Gasteiger partial charge in [-0.15, -0.1) is 0 Å². The second kappa shape index (κ2) is 6.82. The molecule has 2 aliphatic heterocycles. The zero-order valence-electron chi connectivity index (χ0n) is 13.2. The summed E-state index contributed by atoms with van der Waals surface area (Å²) in [5, 5.41) is 3.49. The Balaban J connectivity index is 1.94. The lowest BCUT2D eigenvalue weighted by atomic mass is 9.86. The van der Waals surface area contributed by atoms with Crippen molar-refractivity contribution >= 4 is 11.8 Å². The van der Waals surface area contributed by atoms with Crippen molar-refractivity contribution in [2.45, 2.75) is 59.0 Å². The van der Waals surface area contributed by atoms with Crippen LogP contribution >= 0.6 is 11.8 Å². The Morgan fingerprint density at radius 3 is 2.53 bits per heavy atom. The average Bonchev–Trinajstić information content (AvgIpc) is 2.35. The second-order valence-corrected chi connectivity index (χ2v) is 8.55. The van der Waals surface area contributed by atoms with Crippen LogP contribution in [0.15, 0.2) is 0 Å². The largest absolute Gasteiger partial charge is 0.317 e. The molecular formula is C16H32N2S. The maximum atomic E-state index is 3.49. The first kappa shape index (κ1) is 15.7. The van der Waals surface area contributed by atoms with E-state index >= 15 is 0 Å². The Hall–Kier alpha value is 0.270. The van der Waals surface area contributed by atoms with Crippen LogP contribution in [0.4, 0.5) is 0 Å². The fourth-order valence-corrected chi connectivity index (χ4v) is 4.95. The maximum Gasteiger partial charge on any atom is 0.0194 e. The molecule has 0 aliphatic carbocycles. The summed E-state index contributed by atoms with van der Waals surface area (Å²) in [6.07, 6.45) is 4.11. The van der Waals surface area contributed by atoms with Crippen LogP contribution in [0.25, 0.3) is 0 Å². The summed E-state index contributed by atoms with van der Waals surface area (Å²) in [5.41, 5.74) is 0.523. The number of piperidine rings is 1. The quantitative estimate of drug-likeness (QED) is 0.853. The lowest BCUT2D eigenvalue weighted by Gasteiger charge is -2.44. The summed E-state index contributed by atoms with van der Waals surface area (Å²) in [5.74, 6) is 3.59. The molecule has 1 unspecified atom stereocenters. The van der Waals surface area contributed by atoms with Crippen molar-refractivity contribution in [3.63, 3.8) is 0 Å². The van der Waals surface area contributed by atoms with Gasteiger partial charge in [0.1, 0.15) is 0 Å². The van der Waals surface area contributed by atoms with Gasteiger partial charge in [0, 0.05) is 24.4 Å². The molecule has 2 aliphatic rings. The molecule has 2 fully saturated rings. The van der Waals surface area contributed by atoms with Gasteiger partial charge in [0.25, 0.3) is 0 Å². The van der Waals surface area contributed by atoms with Crippen LogP contribution in [-0.2, 0) is 0 Å². The summed E-state index contributed by atoms with van der Waals surface area (Å²) < 4.78 is 0. The van der Waals surface area contributed by atoms with E-state index in [-0.39, 0.29) is 0 Å². The van der Waals surface area contributed by atoms with E-state index in [1.54, 1.807) is 0 Å². The van der Waals surface area contributed by atoms with Gasteiger partial charge in [-0.2, -0.15) is 11.8 Å². The van der Waals surface area contributed by atoms with Gasteiger partial charge in [0.15, 0.2) is 0 Å². The third-order valence-corrected chi connectivity index (χ3v) is 6.26. The minimum atomic E-state index is 0.523. The Kier molecular flexibility index (Phi) is 5.62. The van der Waals surface area contributed by atoms with Crippen molar-refractivity contribution in [1.29, 1.82) is 0 Å². The summed E-state index contributed by atoms with van der Waals surface area (Å²) >= 11 is 2.16. The molecule has 0 aromatic rings. The summed E-state index contributed by atoms with van der Waals surface area (Å²) in [6.45, 7) is 13.4. The van der Waals surface area contributed by atoms with Gasteiger partial charge < -0.3 is 5.32 Å². The van der Waals surface area contributed by atoms with Gasteiger partial charge >= 0.3 is 0 Å². The molecule has 0 radical (unpaired) electrons. The predicted molar refractivity (Wildman–Crippen MR) is 86.9 cm³/mol. The predicted octanol–water partition coefficient (Wildman–Crippen LogP) is 3.23. The second-order valence-electron chi connectivity index (χ2n) is 7.52. The lowest BCUT2D eigenvalue weighted by molar-refractivity contribution is 0.0978. The smallest absolute Gasteiger partial charge is 0.0194 e. The van der Waals surface area contributed by atoms with E-state index < -0.39 is 0 Å². The molecule has 2 heterocycles. The summed E-state index contributed by atoms with van der Waals surface area (Å²) in [4.78, 5) is 2.81. The van der Waals surface area contributed by atoms with Crippen LogP contribution in [0.5, 0.6) is 0 Å². The average molecular weight is 285 g/mol. The standard InChI is InChI=1S/C16H32N2S/c1-13(2)18(10-14-5-7-17-8-6-14)15-9-16(3,4)12-19-11-15/h13-15,17H,5-12H2,1-4H3. The van der Waals surface area contributed by atoms with E-state index in [4.69, 9.17) is 0 Å². The van der Waals surface area contributed by atoms with Gasteiger partial charge in [-0.25, -0.2) is 0 Å². The number of hydrogen-bond acceptors (Lipinski definition) is 3. The van der Waals surface area contributed by atoms with E-state index in [1.165, 1.54) is 50.4 Å². The van der Waals surface area contributed by atoms with Gasteiger partial charge in [-0.05, 0) is 63.3 Å². The van der Waals surface area contributed by atoms with Gasteiger partial charge in [-0.3, -0.25) is 4.90 Å². The van der Waals surface area contributed by atoms with Gasteiger partial charge in [0.2, 0.25) is 0 Å². The Morgan fingerprint density at radius 2 is 1.95 bits per heavy atom. The van der Waals surface area contributed by atoms with Crippen molar-refractivity contribution in [3.05, 3.63) is 0 Å². The van der Waals surface area contributed by atoms with E-state index in [2.05, 4.69) is 49.7 Å². The van der Waals surface area contributed by atoms with Crippen LogP contribution in [0.3, 0.4) is 0 Å². The lowest BCUT2D eigenvalue weighted by Crippen LogP contribution is -2.49. The number of thioether (sulfide) groups is 1. The van der Waals surface area contributed by atoms with Crippen LogP contribution in [-0.4, -0.2) is 48.1 Å². The minimum absolute atomic E-state index is 0.523. The normalized spacial score (nSPS) is 29.1.